The van der Waals surface area contributed by atoms with E-state index < -0.39 is 22.2 Å². The Balaban J connectivity index is 1.61. The first-order valence-corrected chi connectivity index (χ1v) is 9.62. The van der Waals surface area contributed by atoms with Crippen LogP contribution >= 0.6 is 0 Å². The van der Waals surface area contributed by atoms with E-state index >= 15 is 4.39 Å². The van der Waals surface area contributed by atoms with Crippen molar-refractivity contribution in [3.8, 4) is 11.5 Å². The molecule has 0 N–H and O–H groups in total. The number of sulfonamides is 1. The first kappa shape index (κ1) is 17.7. The Hall–Kier alpha value is -2.66. The van der Waals surface area contributed by atoms with Crippen LogP contribution in [-0.2, 0) is 15.7 Å². The number of rotatable bonds is 4. The summed E-state index contributed by atoms with van der Waals surface area (Å²) in [6, 6.07) is 3.32. The van der Waals surface area contributed by atoms with E-state index in [0.29, 0.717) is 5.56 Å². The minimum Gasteiger partial charge on any atom is -0.360 e. The Morgan fingerprint density at radius 1 is 1.19 bits per heavy atom. The minimum absolute atomic E-state index is 0.0119. The molecule has 1 fully saturated rings. The zero-order chi connectivity index (χ0) is 19.2. The smallest absolute Gasteiger partial charge is 0.258 e. The molecule has 0 bridgehead atoms. The molecule has 1 atom stereocenters. The highest BCUT2D eigenvalue weighted by Gasteiger charge is 2.49. The van der Waals surface area contributed by atoms with Gasteiger partial charge in [-0.3, -0.25) is 4.98 Å². The fraction of sp³-hybridized carbons (Fsp3) is 0.375. The van der Waals surface area contributed by atoms with Gasteiger partial charge in [-0.05, 0) is 26.0 Å². The van der Waals surface area contributed by atoms with E-state index in [1.807, 2.05) is 0 Å². The lowest BCUT2D eigenvalue weighted by Gasteiger charge is -2.18. The van der Waals surface area contributed by atoms with E-state index in [0.717, 1.165) is 4.31 Å². The van der Waals surface area contributed by atoms with Gasteiger partial charge in [0.05, 0.1) is 6.54 Å². The van der Waals surface area contributed by atoms with Crippen molar-refractivity contribution in [3.05, 3.63) is 41.8 Å². The largest absolute Gasteiger partial charge is 0.360 e. The number of aromatic nitrogens is 4. The molecule has 0 spiro atoms. The average molecular weight is 393 g/mol. The normalized spacial score (nSPS) is 21.0. The predicted molar refractivity (Wildman–Crippen MR) is 89.7 cm³/mol. The molecule has 0 saturated carbocycles. The van der Waals surface area contributed by atoms with Gasteiger partial charge in [0.2, 0.25) is 15.8 Å². The molecule has 3 aromatic heterocycles. The van der Waals surface area contributed by atoms with E-state index in [-0.39, 0.29) is 41.0 Å². The molecule has 0 amide bonds. The van der Waals surface area contributed by atoms with Gasteiger partial charge < -0.3 is 9.05 Å². The van der Waals surface area contributed by atoms with E-state index in [4.69, 9.17) is 9.05 Å². The predicted octanol–water partition coefficient (Wildman–Crippen LogP) is 2.00. The van der Waals surface area contributed by atoms with Gasteiger partial charge in [0.1, 0.15) is 10.6 Å². The molecule has 9 nitrogen and oxygen atoms in total. The van der Waals surface area contributed by atoms with Gasteiger partial charge in [0.15, 0.2) is 11.4 Å². The highest BCUT2D eigenvalue weighted by molar-refractivity contribution is 7.89. The minimum atomic E-state index is -3.94. The zero-order valence-electron chi connectivity index (χ0n) is 14.6. The summed E-state index contributed by atoms with van der Waals surface area (Å²) in [5.74, 6) is 0.144. The molecule has 11 heteroatoms. The number of alkyl halides is 1. The van der Waals surface area contributed by atoms with Gasteiger partial charge >= 0.3 is 0 Å². The van der Waals surface area contributed by atoms with Crippen LogP contribution in [0.2, 0.25) is 0 Å². The molecule has 1 aliphatic rings. The van der Waals surface area contributed by atoms with Crippen molar-refractivity contribution in [2.75, 3.05) is 13.1 Å². The molecule has 3 aromatic rings. The van der Waals surface area contributed by atoms with Gasteiger partial charge in [-0.25, -0.2) is 12.8 Å². The molecule has 1 unspecified atom stereocenters. The Bertz CT molecular complexity index is 1060. The van der Waals surface area contributed by atoms with E-state index in [9.17, 15) is 8.42 Å². The number of halogens is 1. The Morgan fingerprint density at radius 2 is 1.93 bits per heavy atom. The Labute approximate surface area is 154 Å². The van der Waals surface area contributed by atoms with Crippen LogP contribution in [0.5, 0.6) is 0 Å². The monoisotopic (exact) mass is 393 g/mol. The van der Waals surface area contributed by atoms with Crippen molar-refractivity contribution < 1.29 is 21.9 Å². The molecule has 142 valence electrons. The molecule has 27 heavy (non-hydrogen) atoms. The summed E-state index contributed by atoms with van der Waals surface area (Å²) < 4.78 is 52.3. The maximum atomic E-state index is 15.5. The van der Waals surface area contributed by atoms with Crippen LogP contribution in [0, 0.1) is 13.8 Å². The maximum Gasteiger partial charge on any atom is 0.258 e. The van der Waals surface area contributed by atoms with Gasteiger partial charge in [-0.1, -0.05) is 10.3 Å². The summed E-state index contributed by atoms with van der Waals surface area (Å²) in [5, 5.41) is 7.39. The van der Waals surface area contributed by atoms with E-state index in [1.54, 1.807) is 24.5 Å². The molecule has 4 rings (SSSR count). The van der Waals surface area contributed by atoms with Crippen molar-refractivity contribution in [1.29, 1.82) is 0 Å². The van der Waals surface area contributed by atoms with Crippen LogP contribution in [0.15, 0.2) is 38.5 Å². The summed E-state index contributed by atoms with van der Waals surface area (Å²) in [6.07, 6.45) is 3.03. The highest BCUT2D eigenvalue weighted by atomic mass is 32.2. The van der Waals surface area contributed by atoms with Gasteiger partial charge in [-0.15, -0.1) is 0 Å². The van der Waals surface area contributed by atoms with Crippen LogP contribution in [0.3, 0.4) is 0 Å². The number of pyridine rings is 1. The number of hydrogen-bond acceptors (Lipinski definition) is 8. The lowest BCUT2D eigenvalue weighted by Crippen LogP contribution is -2.33. The second-order valence-corrected chi connectivity index (χ2v) is 8.24. The second kappa shape index (κ2) is 6.20. The zero-order valence-corrected chi connectivity index (χ0v) is 15.4. The number of nitrogens with zero attached hydrogens (tertiary/aromatic N) is 5. The summed E-state index contributed by atoms with van der Waals surface area (Å²) in [7, 11) is -3.94. The molecule has 0 radical (unpaired) electrons. The maximum absolute atomic E-state index is 15.5. The van der Waals surface area contributed by atoms with Crippen LogP contribution < -0.4 is 0 Å². The number of aryl methyl sites for hydroxylation is 2. The highest BCUT2D eigenvalue weighted by Crippen LogP contribution is 2.38. The lowest BCUT2D eigenvalue weighted by molar-refractivity contribution is 0.164. The van der Waals surface area contributed by atoms with Crippen molar-refractivity contribution >= 4 is 10.0 Å². The SMILES string of the molecule is Cc1noc(C)c1S(=O)(=O)N1CCC(F)(c2noc(-c3ccncc3)n2)C1. The summed E-state index contributed by atoms with van der Waals surface area (Å²) >= 11 is 0. The summed E-state index contributed by atoms with van der Waals surface area (Å²) in [6.45, 7) is 2.62. The third-order valence-electron chi connectivity index (χ3n) is 4.50. The van der Waals surface area contributed by atoms with Crippen molar-refractivity contribution in [3.63, 3.8) is 0 Å². The molecule has 0 aromatic carbocycles. The third kappa shape index (κ3) is 2.92. The molecule has 1 saturated heterocycles. The van der Waals surface area contributed by atoms with Crippen molar-refractivity contribution in [2.45, 2.75) is 30.8 Å². The van der Waals surface area contributed by atoms with Crippen LogP contribution in [0.4, 0.5) is 4.39 Å². The average Bonchev–Trinajstić information content (AvgIpc) is 3.35. The molecular weight excluding hydrogens is 377 g/mol. The first-order valence-electron chi connectivity index (χ1n) is 8.18. The molecule has 4 heterocycles. The standard InChI is InChI=1S/C16H16FN5O4S/c1-10-13(11(2)25-20-10)27(23,24)22-8-5-16(17,9-22)15-19-14(26-21-15)12-3-6-18-7-4-12/h3-4,6-7H,5,8-9H2,1-2H3. The van der Waals surface area contributed by atoms with Crippen molar-refractivity contribution in [2.24, 2.45) is 0 Å². The fourth-order valence-corrected chi connectivity index (χ4v) is 4.89. The van der Waals surface area contributed by atoms with Gasteiger partial charge in [-0.2, -0.15) is 9.29 Å². The van der Waals surface area contributed by atoms with Crippen LogP contribution in [0.1, 0.15) is 23.7 Å². The van der Waals surface area contributed by atoms with E-state index in [2.05, 4.69) is 20.3 Å². The topological polar surface area (TPSA) is 115 Å². The Morgan fingerprint density at radius 3 is 2.59 bits per heavy atom. The first-order chi connectivity index (χ1) is 12.8. The van der Waals surface area contributed by atoms with Crippen LogP contribution in [-0.4, -0.2) is 46.1 Å². The summed E-state index contributed by atoms with van der Waals surface area (Å²) in [4.78, 5) is 7.98. The fourth-order valence-electron chi connectivity index (χ4n) is 3.12. The quantitative estimate of drug-likeness (QED) is 0.661. The van der Waals surface area contributed by atoms with E-state index in [1.165, 1.54) is 13.8 Å². The van der Waals surface area contributed by atoms with Crippen LogP contribution in [0.25, 0.3) is 11.5 Å². The molecule has 1 aliphatic heterocycles. The molecular formula is C16H16FN5O4S. The molecule has 0 aliphatic carbocycles. The van der Waals surface area contributed by atoms with Gasteiger partial charge in [0, 0.05) is 30.9 Å². The second-order valence-electron chi connectivity index (χ2n) is 6.37. The van der Waals surface area contributed by atoms with Gasteiger partial charge in [0.25, 0.3) is 5.89 Å². The lowest BCUT2D eigenvalue weighted by atomic mass is 10.1. The Kier molecular flexibility index (Phi) is 4.07. The number of hydrogen-bond donors (Lipinski definition) is 0. The van der Waals surface area contributed by atoms with Crippen molar-refractivity contribution in [1.82, 2.24) is 24.6 Å². The third-order valence-corrected chi connectivity index (χ3v) is 6.59. The summed E-state index contributed by atoms with van der Waals surface area (Å²) in [5.41, 5.74) is -1.20.